The van der Waals surface area contributed by atoms with E-state index in [2.05, 4.69) is 28.0 Å². The molecular formula is C32H44N2O8. The van der Waals surface area contributed by atoms with Crippen molar-refractivity contribution < 1.29 is 38.1 Å². The summed E-state index contributed by atoms with van der Waals surface area (Å²) in [6, 6.07) is 8.41. The van der Waals surface area contributed by atoms with Crippen LogP contribution in [0.2, 0.25) is 0 Å². The number of rotatable bonds is 12. The summed E-state index contributed by atoms with van der Waals surface area (Å²) in [5.74, 6) is -0.941. The summed E-state index contributed by atoms with van der Waals surface area (Å²) in [6.07, 6.45) is 7.85. The number of carbonyl (C=O) groups excluding carboxylic acids is 4. The van der Waals surface area contributed by atoms with Crippen LogP contribution in [0.3, 0.4) is 0 Å². The Morgan fingerprint density at radius 1 is 0.548 bits per heavy atom. The van der Waals surface area contributed by atoms with Crippen LogP contribution in [0.25, 0.3) is 0 Å². The molecule has 0 spiro atoms. The summed E-state index contributed by atoms with van der Waals surface area (Å²) in [6.45, 7) is 1.20. The first kappa shape index (κ1) is 30.5. The molecule has 0 aliphatic carbocycles. The SMILES string of the molecule is COC(=O)CC12CCC(CC(=O)OC)(CC1)N2Cc1cccc(CN2C3(CC(=O)OC)CCC2(CC(=O)OC)CC3)c1. The van der Waals surface area contributed by atoms with Crippen molar-refractivity contribution in [3.8, 4) is 0 Å². The second-order valence-electron chi connectivity index (χ2n) is 12.9. The summed E-state index contributed by atoms with van der Waals surface area (Å²) < 4.78 is 20.3. The fourth-order valence-electron chi connectivity index (χ4n) is 8.76. The van der Waals surface area contributed by atoms with Crippen molar-refractivity contribution in [2.45, 2.75) is 112 Å². The van der Waals surface area contributed by atoms with Gasteiger partial charge in [0, 0.05) is 35.2 Å². The topological polar surface area (TPSA) is 112 Å². The number of carbonyl (C=O) groups is 4. The maximum Gasteiger partial charge on any atom is 0.307 e. The van der Waals surface area contributed by atoms with Crippen molar-refractivity contribution >= 4 is 23.9 Å². The van der Waals surface area contributed by atoms with Crippen molar-refractivity contribution in [3.05, 3.63) is 35.4 Å². The van der Waals surface area contributed by atoms with E-state index in [9.17, 15) is 19.2 Å². The number of ether oxygens (including phenoxy) is 4. The highest BCUT2D eigenvalue weighted by Crippen LogP contribution is 2.58. The van der Waals surface area contributed by atoms with E-state index in [0.29, 0.717) is 38.8 Å². The van der Waals surface area contributed by atoms with Gasteiger partial charge in [-0.15, -0.1) is 0 Å². The second-order valence-corrected chi connectivity index (χ2v) is 12.9. The minimum atomic E-state index is -0.347. The summed E-state index contributed by atoms with van der Waals surface area (Å²) in [7, 11) is 5.68. The van der Waals surface area contributed by atoms with Gasteiger partial charge in [-0.05, 0) is 62.5 Å². The number of nitrogens with zero attached hydrogens (tertiary/aromatic N) is 2. The minimum Gasteiger partial charge on any atom is -0.469 e. The molecule has 0 amide bonds. The minimum absolute atomic E-state index is 0.235. The summed E-state index contributed by atoms with van der Waals surface area (Å²) in [5, 5.41) is 0. The van der Waals surface area contributed by atoms with Gasteiger partial charge in [0.15, 0.2) is 0 Å². The average Bonchev–Trinajstić information content (AvgIpc) is 3.63. The molecule has 230 valence electrons. The summed E-state index contributed by atoms with van der Waals surface area (Å²) in [5.41, 5.74) is 0.798. The molecule has 4 bridgehead atoms. The lowest BCUT2D eigenvalue weighted by Gasteiger charge is -2.39. The molecule has 0 atom stereocenters. The van der Waals surface area contributed by atoms with Gasteiger partial charge in [0.25, 0.3) is 0 Å². The quantitative estimate of drug-likeness (QED) is 0.266. The molecule has 0 radical (unpaired) electrons. The zero-order valence-corrected chi connectivity index (χ0v) is 25.4. The highest BCUT2D eigenvalue weighted by atomic mass is 16.5. The standard InChI is InChI=1S/C32H44N2O8/c1-39-25(35)17-29-8-10-30(11-9-29,18-26(36)40-2)33(29)21-23-6-5-7-24(16-23)22-34-31(19-27(37)41-3)12-14-32(34,15-13-31)20-28(38)42-4/h5-7,16H,8-15,17-22H2,1-4H3. The smallest absolute Gasteiger partial charge is 0.307 e. The zero-order chi connectivity index (χ0) is 30.2. The Labute approximate surface area is 248 Å². The molecule has 10 heteroatoms. The molecule has 4 heterocycles. The van der Waals surface area contributed by atoms with Gasteiger partial charge in [0.05, 0.1) is 54.1 Å². The van der Waals surface area contributed by atoms with Gasteiger partial charge in [-0.3, -0.25) is 29.0 Å². The van der Waals surface area contributed by atoms with E-state index in [1.54, 1.807) is 0 Å². The van der Waals surface area contributed by atoms with Crippen molar-refractivity contribution in [1.29, 1.82) is 0 Å². The molecule has 4 aliphatic heterocycles. The normalized spacial score (nSPS) is 31.7. The van der Waals surface area contributed by atoms with Crippen LogP contribution >= 0.6 is 0 Å². The fraction of sp³-hybridized carbons (Fsp3) is 0.688. The first-order valence-electron chi connectivity index (χ1n) is 15.0. The van der Waals surface area contributed by atoms with E-state index in [1.165, 1.54) is 28.4 Å². The zero-order valence-electron chi connectivity index (χ0n) is 25.4. The molecule has 42 heavy (non-hydrogen) atoms. The molecule has 1 aromatic carbocycles. The Morgan fingerprint density at radius 3 is 1.05 bits per heavy atom. The van der Waals surface area contributed by atoms with Crippen LogP contribution in [-0.2, 0) is 51.2 Å². The number of hydrogen-bond acceptors (Lipinski definition) is 10. The molecule has 4 aliphatic rings. The largest absolute Gasteiger partial charge is 0.469 e. The number of hydrogen-bond donors (Lipinski definition) is 0. The molecule has 4 saturated heterocycles. The number of esters is 4. The Kier molecular flexibility index (Phi) is 8.42. The third kappa shape index (κ3) is 5.32. The van der Waals surface area contributed by atoms with Gasteiger partial charge in [0.2, 0.25) is 0 Å². The lowest BCUT2D eigenvalue weighted by Crippen LogP contribution is -2.49. The third-order valence-corrected chi connectivity index (χ3v) is 11.0. The molecule has 1 aromatic rings. The fourth-order valence-corrected chi connectivity index (χ4v) is 8.76. The van der Waals surface area contributed by atoms with E-state index < -0.39 is 0 Å². The van der Waals surface area contributed by atoms with Crippen molar-refractivity contribution in [3.63, 3.8) is 0 Å². The molecule has 0 unspecified atom stereocenters. The van der Waals surface area contributed by atoms with Gasteiger partial charge in [-0.1, -0.05) is 24.3 Å². The predicted octanol–water partition coefficient (Wildman–Crippen LogP) is 3.67. The summed E-state index contributed by atoms with van der Waals surface area (Å²) >= 11 is 0. The lowest BCUT2D eigenvalue weighted by molar-refractivity contribution is -0.146. The van der Waals surface area contributed by atoms with Gasteiger partial charge in [-0.25, -0.2) is 0 Å². The Bertz CT molecular complexity index is 1060. The van der Waals surface area contributed by atoms with Crippen LogP contribution in [-0.4, -0.2) is 84.3 Å². The Balaban J connectivity index is 1.42. The van der Waals surface area contributed by atoms with Gasteiger partial charge < -0.3 is 18.9 Å². The molecule has 4 fully saturated rings. The predicted molar refractivity (Wildman–Crippen MR) is 152 cm³/mol. The van der Waals surface area contributed by atoms with E-state index in [-0.39, 0.29) is 46.0 Å². The third-order valence-electron chi connectivity index (χ3n) is 11.0. The monoisotopic (exact) mass is 584 g/mol. The highest BCUT2D eigenvalue weighted by Gasteiger charge is 2.62. The van der Waals surface area contributed by atoms with Crippen LogP contribution < -0.4 is 0 Å². The van der Waals surface area contributed by atoms with Crippen LogP contribution in [0.1, 0.15) is 88.2 Å². The number of fused-ring (bicyclic) bond motifs is 4. The van der Waals surface area contributed by atoms with Crippen molar-refractivity contribution in [2.24, 2.45) is 0 Å². The van der Waals surface area contributed by atoms with Gasteiger partial charge >= 0.3 is 23.9 Å². The first-order valence-corrected chi connectivity index (χ1v) is 15.0. The van der Waals surface area contributed by atoms with E-state index in [0.717, 1.165) is 62.5 Å². The molecular weight excluding hydrogens is 540 g/mol. The van der Waals surface area contributed by atoms with Crippen LogP contribution in [0, 0.1) is 0 Å². The van der Waals surface area contributed by atoms with Gasteiger partial charge in [0.1, 0.15) is 0 Å². The van der Waals surface area contributed by atoms with Crippen LogP contribution in [0.5, 0.6) is 0 Å². The Morgan fingerprint density at radius 2 is 0.810 bits per heavy atom. The summed E-state index contributed by atoms with van der Waals surface area (Å²) in [4.78, 5) is 54.7. The van der Waals surface area contributed by atoms with E-state index >= 15 is 0 Å². The molecule has 5 rings (SSSR count). The molecule has 0 saturated carbocycles. The average molecular weight is 585 g/mol. The van der Waals surface area contributed by atoms with E-state index in [4.69, 9.17) is 18.9 Å². The van der Waals surface area contributed by atoms with Gasteiger partial charge in [-0.2, -0.15) is 0 Å². The Hall–Kier alpha value is -2.98. The second kappa shape index (κ2) is 11.6. The maximum absolute atomic E-state index is 12.5. The molecule has 10 nitrogen and oxygen atoms in total. The first-order chi connectivity index (χ1) is 20.1. The van der Waals surface area contributed by atoms with Crippen molar-refractivity contribution in [2.75, 3.05) is 28.4 Å². The molecule has 0 N–H and O–H groups in total. The van der Waals surface area contributed by atoms with Crippen molar-refractivity contribution in [1.82, 2.24) is 9.80 Å². The highest BCUT2D eigenvalue weighted by molar-refractivity contribution is 5.74. The molecule has 0 aromatic heterocycles. The number of methoxy groups -OCH3 is 4. The lowest BCUT2D eigenvalue weighted by atomic mass is 9.79. The van der Waals surface area contributed by atoms with E-state index in [1.807, 2.05) is 6.07 Å². The van der Waals surface area contributed by atoms with Crippen LogP contribution in [0.4, 0.5) is 0 Å². The van der Waals surface area contributed by atoms with Crippen LogP contribution in [0.15, 0.2) is 24.3 Å². The maximum atomic E-state index is 12.5. The number of benzene rings is 1.